The molecule has 0 aromatic heterocycles. The van der Waals surface area contributed by atoms with E-state index >= 15 is 0 Å². The summed E-state index contributed by atoms with van der Waals surface area (Å²) in [5, 5.41) is 2.72. The van der Waals surface area contributed by atoms with Gasteiger partial charge in [0.1, 0.15) is 17.2 Å². The lowest BCUT2D eigenvalue weighted by molar-refractivity contribution is -0.118. The van der Waals surface area contributed by atoms with Gasteiger partial charge >= 0.3 is 5.97 Å². The number of rotatable bonds is 10. The minimum Gasteiger partial charge on any atom is -0.497 e. The third-order valence-corrected chi connectivity index (χ3v) is 3.87. The largest absolute Gasteiger partial charge is 0.497 e. The van der Waals surface area contributed by atoms with E-state index in [2.05, 4.69) is 5.32 Å². The van der Waals surface area contributed by atoms with Gasteiger partial charge in [-0.2, -0.15) is 0 Å². The number of hydrogen-bond donors (Lipinski definition) is 1. The van der Waals surface area contributed by atoms with Crippen LogP contribution in [0.15, 0.2) is 42.5 Å². The van der Waals surface area contributed by atoms with Crippen molar-refractivity contribution in [3.8, 4) is 17.2 Å². The summed E-state index contributed by atoms with van der Waals surface area (Å²) in [4.78, 5) is 24.0. The molecular weight excluding hydrogens is 362 g/mol. The van der Waals surface area contributed by atoms with E-state index in [1.807, 2.05) is 6.92 Å². The van der Waals surface area contributed by atoms with Gasteiger partial charge in [0.05, 0.1) is 32.1 Å². The van der Waals surface area contributed by atoms with Crippen LogP contribution in [0.1, 0.15) is 30.1 Å². The topological polar surface area (TPSA) is 83.1 Å². The first kappa shape index (κ1) is 21.1. The minimum absolute atomic E-state index is 0.194. The van der Waals surface area contributed by atoms with E-state index in [1.165, 1.54) is 7.11 Å². The number of amides is 1. The lowest BCUT2D eigenvalue weighted by Gasteiger charge is -2.12. The zero-order valence-corrected chi connectivity index (χ0v) is 16.3. The summed E-state index contributed by atoms with van der Waals surface area (Å²) in [6.45, 7) is 2.24. The van der Waals surface area contributed by atoms with Crippen LogP contribution in [-0.2, 0) is 9.53 Å². The monoisotopic (exact) mass is 387 g/mol. The van der Waals surface area contributed by atoms with Crippen molar-refractivity contribution in [2.45, 2.75) is 19.8 Å². The second-order valence-corrected chi connectivity index (χ2v) is 5.92. The third kappa shape index (κ3) is 6.19. The highest BCUT2D eigenvalue weighted by molar-refractivity contribution is 5.93. The standard InChI is InChI=1S/C21H25NO6/c1-4-5-12-27-21(24)15-6-8-16(9-7-15)28-14-20(23)22-18-13-17(25-2)10-11-19(18)26-3/h6-11,13H,4-5,12,14H2,1-3H3,(H,22,23). The SMILES string of the molecule is CCCCOC(=O)c1ccc(OCC(=O)Nc2cc(OC)ccc2OC)cc1. The van der Waals surface area contributed by atoms with Gasteiger partial charge < -0.3 is 24.3 Å². The number of benzene rings is 2. The summed E-state index contributed by atoms with van der Waals surface area (Å²) in [7, 11) is 3.06. The first-order valence-electron chi connectivity index (χ1n) is 8.99. The Balaban J connectivity index is 1.88. The number of ether oxygens (including phenoxy) is 4. The molecule has 2 rings (SSSR count). The van der Waals surface area contributed by atoms with E-state index in [0.717, 1.165) is 12.8 Å². The quantitative estimate of drug-likeness (QED) is 0.495. The van der Waals surface area contributed by atoms with Crippen molar-refractivity contribution in [2.75, 3.05) is 32.8 Å². The number of carbonyl (C=O) groups excluding carboxylic acids is 2. The fourth-order valence-corrected chi connectivity index (χ4v) is 2.33. The zero-order chi connectivity index (χ0) is 20.4. The van der Waals surface area contributed by atoms with Crippen molar-refractivity contribution in [3.05, 3.63) is 48.0 Å². The molecule has 0 unspecified atom stereocenters. The van der Waals surface area contributed by atoms with Crippen LogP contribution >= 0.6 is 0 Å². The highest BCUT2D eigenvalue weighted by Gasteiger charge is 2.11. The lowest BCUT2D eigenvalue weighted by atomic mass is 10.2. The minimum atomic E-state index is -0.372. The molecule has 0 aliphatic heterocycles. The molecule has 0 bridgehead atoms. The first-order valence-corrected chi connectivity index (χ1v) is 8.99. The van der Waals surface area contributed by atoms with Gasteiger partial charge in [0.15, 0.2) is 6.61 Å². The Morgan fingerprint density at radius 3 is 2.32 bits per heavy atom. The molecule has 7 heteroatoms. The van der Waals surface area contributed by atoms with E-state index in [0.29, 0.717) is 35.1 Å². The van der Waals surface area contributed by atoms with Crippen LogP contribution in [0.3, 0.4) is 0 Å². The molecule has 0 heterocycles. The molecule has 1 amide bonds. The number of carbonyl (C=O) groups is 2. The van der Waals surface area contributed by atoms with Crippen molar-refractivity contribution in [1.29, 1.82) is 0 Å². The Kier molecular flexibility index (Phi) is 8.14. The predicted molar refractivity (Wildman–Crippen MR) is 105 cm³/mol. The Hall–Kier alpha value is -3.22. The van der Waals surface area contributed by atoms with Gasteiger partial charge in [0.2, 0.25) is 0 Å². The van der Waals surface area contributed by atoms with Gasteiger partial charge in [-0.1, -0.05) is 13.3 Å². The van der Waals surface area contributed by atoms with Crippen molar-refractivity contribution in [2.24, 2.45) is 0 Å². The molecule has 0 spiro atoms. The predicted octanol–water partition coefficient (Wildman–Crippen LogP) is 3.68. The maximum atomic E-state index is 12.2. The van der Waals surface area contributed by atoms with Crippen LogP contribution in [0.2, 0.25) is 0 Å². The smallest absolute Gasteiger partial charge is 0.338 e. The summed E-state index contributed by atoms with van der Waals surface area (Å²) in [5.41, 5.74) is 0.926. The molecule has 0 saturated heterocycles. The maximum Gasteiger partial charge on any atom is 0.338 e. The summed E-state index contributed by atoms with van der Waals surface area (Å²) >= 11 is 0. The van der Waals surface area contributed by atoms with Gasteiger partial charge in [0, 0.05) is 6.07 Å². The molecule has 0 fully saturated rings. The number of esters is 1. The molecule has 0 aliphatic carbocycles. The average molecular weight is 387 g/mol. The summed E-state index contributed by atoms with van der Waals surface area (Å²) in [5.74, 6) is 0.855. The van der Waals surface area contributed by atoms with Crippen LogP contribution in [0.4, 0.5) is 5.69 Å². The van der Waals surface area contributed by atoms with Crippen LogP contribution in [-0.4, -0.2) is 39.3 Å². The van der Waals surface area contributed by atoms with E-state index in [-0.39, 0.29) is 18.5 Å². The van der Waals surface area contributed by atoms with Crippen molar-refractivity contribution >= 4 is 17.6 Å². The number of hydrogen-bond acceptors (Lipinski definition) is 6. The summed E-state index contributed by atoms with van der Waals surface area (Å²) in [6.07, 6.45) is 1.80. The summed E-state index contributed by atoms with van der Waals surface area (Å²) in [6, 6.07) is 11.5. The Bertz CT molecular complexity index is 788. The molecule has 1 N–H and O–H groups in total. The van der Waals surface area contributed by atoms with Gasteiger partial charge in [0.25, 0.3) is 5.91 Å². The number of nitrogens with one attached hydrogen (secondary N) is 1. The molecule has 28 heavy (non-hydrogen) atoms. The fraction of sp³-hybridized carbons (Fsp3) is 0.333. The highest BCUT2D eigenvalue weighted by Crippen LogP contribution is 2.28. The number of unbranched alkanes of at least 4 members (excludes halogenated alkanes) is 1. The maximum absolute atomic E-state index is 12.2. The second kappa shape index (κ2) is 10.8. The van der Waals surface area contributed by atoms with Gasteiger partial charge in [-0.25, -0.2) is 4.79 Å². The van der Waals surface area contributed by atoms with Crippen molar-refractivity contribution in [1.82, 2.24) is 0 Å². The van der Waals surface area contributed by atoms with E-state index in [1.54, 1.807) is 49.6 Å². The molecule has 0 aliphatic rings. The fourth-order valence-electron chi connectivity index (χ4n) is 2.33. The highest BCUT2D eigenvalue weighted by atomic mass is 16.5. The Labute approximate surface area is 164 Å². The zero-order valence-electron chi connectivity index (χ0n) is 16.3. The lowest BCUT2D eigenvalue weighted by Crippen LogP contribution is -2.20. The molecule has 0 radical (unpaired) electrons. The van der Waals surface area contributed by atoms with Crippen LogP contribution in [0.5, 0.6) is 17.2 Å². The molecular formula is C21H25NO6. The average Bonchev–Trinajstić information content (AvgIpc) is 2.72. The molecule has 2 aromatic carbocycles. The van der Waals surface area contributed by atoms with Crippen molar-refractivity contribution < 1.29 is 28.5 Å². The number of anilines is 1. The van der Waals surface area contributed by atoms with Crippen LogP contribution in [0, 0.1) is 0 Å². The van der Waals surface area contributed by atoms with Crippen molar-refractivity contribution in [3.63, 3.8) is 0 Å². The molecule has 0 atom stereocenters. The third-order valence-electron chi connectivity index (χ3n) is 3.87. The molecule has 0 saturated carbocycles. The molecule has 150 valence electrons. The van der Waals surface area contributed by atoms with Gasteiger partial charge in [-0.3, -0.25) is 4.79 Å². The molecule has 7 nitrogen and oxygen atoms in total. The Morgan fingerprint density at radius 2 is 1.68 bits per heavy atom. The normalized spacial score (nSPS) is 10.1. The van der Waals surface area contributed by atoms with Crippen LogP contribution in [0.25, 0.3) is 0 Å². The Morgan fingerprint density at radius 1 is 0.964 bits per heavy atom. The van der Waals surface area contributed by atoms with Gasteiger partial charge in [-0.15, -0.1) is 0 Å². The van der Waals surface area contributed by atoms with E-state index in [4.69, 9.17) is 18.9 Å². The van der Waals surface area contributed by atoms with Gasteiger partial charge in [-0.05, 0) is 42.8 Å². The molecule has 2 aromatic rings. The van der Waals surface area contributed by atoms with Crippen LogP contribution < -0.4 is 19.5 Å². The first-order chi connectivity index (χ1) is 13.6. The second-order valence-electron chi connectivity index (χ2n) is 5.92. The van der Waals surface area contributed by atoms with E-state index < -0.39 is 0 Å². The van der Waals surface area contributed by atoms with E-state index in [9.17, 15) is 9.59 Å². The summed E-state index contributed by atoms with van der Waals surface area (Å²) < 4.78 is 21.0. The number of methoxy groups -OCH3 is 2.